The average Bonchev–Trinajstić information content (AvgIpc) is 2.38. The maximum atomic E-state index is 11.2. The number of ether oxygens (including phenoxy) is 1. The number of carbonyl (C=O) groups is 1. The zero-order valence-corrected chi connectivity index (χ0v) is 10.7. The topological polar surface area (TPSA) is 107 Å². The van der Waals surface area contributed by atoms with E-state index in [2.05, 4.69) is 5.32 Å². The van der Waals surface area contributed by atoms with Gasteiger partial charge in [0.05, 0.1) is 4.92 Å². The van der Waals surface area contributed by atoms with Crippen LogP contribution in [0.4, 0.5) is 5.69 Å². The molecule has 0 aromatic heterocycles. The van der Waals surface area contributed by atoms with Crippen LogP contribution in [0.1, 0.15) is 13.3 Å². The maximum absolute atomic E-state index is 11.2. The van der Waals surface area contributed by atoms with Gasteiger partial charge in [-0.05, 0) is 19.0 Å². The fourth-order valence-corrected chi connectivity index (χ4v) is 1.46. The number of carbonyl (C=O) groups excluding carboxylic acids is 1. The normalized spacial score (nSPS) is 11.8. The lowest BCUT2D eigenvalue weighted by Gasteiger charge is -2.15. The Bertz CT molecular complexity index is 450. The Morgan fingerprint density at radius 1 is 1.53 bits per heavy atom. The third-order valence-corrected chi connectivity index (χ3v) is 2.45. The van der Waals surface area contributed by atoms with Crippen molar-refractivity contribution in [2.45, 2.75) is 19.4 Å². The zero-order valence-electron chi connectivity index (χ0n) is 10.7. The number of nitro benzene ring substituents is 1. The molecule has 0 aliphatic carbocycles. The number of nitrogens with zero attached hydrogens (tertiary/aromatic N) is 1. The summed E-state index contributed by atoms with van der Waals surface area (Å²) >= 11 is 0. The molecule has 1 unspecified atom stereocenters. The van der Waals surface area contributed by atoms with E-state index in [0.717, 1.165) is 6.42 Å². The van der Waals surface area contributed by atoms with Crippen molar-refractivity contribution < 1.29 is 14.5 Å². The van der Waals surface area contributed by atoms with Crippen LogP contribution in [0.15, 0.2) is 24.3 Å². The van der Waals surface area contributed by atoms with Crippen molar-refractivity contribution in [3.8, 4) is 5.75 Å². The van der Waals surface area contributed by atoms with Crippen LogP contribution in [-0.4, -0.2) is 30.0 Å². The minimum atomic E-state index is -0.667. The minimum absolute atomic E-state index is 0.0415. The van der Waals surface area contributed by atoms with Crippen LogP contribution in [0, 0.1) is 10.1 Å². The van der Waals surface area contributed by atoms with Gasteiger partial charge in [0, 0.05) is 6.07 Å². The Balaban J connectivity index is 2.68. The summed E-state index contributed by atoms with van der Waals surface area (Å²) in [5, 5.41) is 13.7. The number of hydrogen-bond acceptors (Lipinski definition) is 5. The second kappa shape index (κ2) is 7.32. The Kier molecular flexibility index (Phi) is 5.74. The van der Waals surface area contributed by atoms with Crippen LogP contribution < -0.4 is 15.8 Å². The highest BCUT2D eigenvalue weighted by Gasteiger charge is 2.18. The number of nitro groups is 1. The summed E-state index contributed by atoms with van der Waals surface area (Å²) < 4.78 is 5.31. The number of para-hydroxylation sites is 2. The molecule has 0 radical (unpaired) electrons. The molecule has 7 heteroatoms. The summed E-state index contributed by atoms with van der Waals surface area (Å²) in [4.78, 5) is 21.4. The summed E-state index contributed by atoms with van der Waals surface area (Å²) in [6.07, 6.45) is 0.843. The third-order valence-electron chi connectivity index (χ3n) is 2.45. The van der Waals surface area contributed by atoms with Gasteiger partial charge in [-0.2, -0.15) is 0 Å². The predicted molar refractivity (Wildman–Crippen MR) is 69.9 cm³/mol. The standard InChI is InChI=1S/C12H17N3O4/c1-2-7-14-9(12(13)16)8-19-11-6-4-3-5-10(11)15(17)18/h3-6,9,14H,2,7-8H2,1H3,(H2,13,16). The molecule has 0 spiro atoms. The molecular formula is C12H17N3O4. The van der Waals surface area contributed by atoms with Gasteiger partial charge in [0.25, 0.3) is 0 Å². The van der Waals surface area contributed by atoms with Crippen LogP contribution >= 0.6 is 0 Å². The van der Waals surface area contributed by atoms with Gasteiger partial charge in [-0.1, -0.05) is 19.1 Å². The van der Waals surface area contributed by atoms with E-state index in [1.54, 1.807) is 12.1 Å². The quantitative estimate of drug-likeness (QED) is 0.535. The molecule has 0 fully saturated rings. The van der Waals surface area contributed by atoms with Gasteiger partial charge in [-0.15, -0.1) is 0 Å². The Morgan fingerprint density at radius 2 is 2.21 bits per heavy atom. The number of nitrogens with two attached hydrogens (primary N) is 1. The lowest BCUT2D eigenvalue weighted by atomic mass is 10.2. The molecule has 1 atom stereocenters. The molecule has 0 saturated carbocycles. The van der Waals surface area contributed by atoms with E-state index in [4.69, 9.17) is 10.5 Å². The highest BCUT2D eigenvalue weighted by molar-refractivity contribution is 5.80. The first kappa shape index (κ1) is 14.9. The Hall–Kier alpha value is -2.15. The molecule has 1 aromatic carbocycles. The van der Waals surface area contributed by atoms with Crippen LogP contribution in [0.2, 0.25) is 0 Å². The fraction of sp³-hybridized carbons (Fsp3) is 0.417. The summed E-state index contributed by atoms with van der Waals surface area (Å²) in [7, 11) is 0. The molecule has 104 valence electrons. The zero-order chi connectivity index (χ0) is 14.3. The van der Waals surface area contributed by atoms with Gasteiger partial charge in [-0.25, -0.2) is 0 Å². The molecule has 1 amide bonds. The van der Waals surface area contributed by atoms with Gasteiger partial charge in [0.2, 0.25) is 5.91 Å². The van der Waals surface area contributed by atoms with Crippen LogP contribution in [0.5, 0.6) is 5.75 Å². The summed E-state index contributed by atoms with van der Waals surface area (Å²) in [5.74, 6) is -0.427. The maximum Gasteiger partial charge on any atom is 0.310 e. The molecule has 19 heavy (non-hydrogen) atoms. The molecule has 7 nitrogen and oxygen atoms in total. The van der Waals surface area contributed by atoms with Gasteiger partial charge >= 0.3 is 5.69 Å². The van der Waals surface area contributed by atoms with Crippen molar-refractivity contribution in [1.29, 1.82) is 0 Å². The second-order valence-corrected chi connectivity index (χ2v) is 3.94. The second-order valence-electron chi connectivity index (χ2n) is 3.94. The van der Waals surface area contributed by atoms with E-state index in [1.165, 1.54) is 12.1 Å². The molecular weight excluding hydrogens is 250 g/mol. The smallest absolute Gasteiger partial charge is 0.310 e. The van der Waals surface area contributed by atoms with Gasteiger partial charge in [0.1, 0.15) is 12.6 Å². The van der Waals surface area contributed by atoms with Crippen LogP contribution in [0.25, 0.3) is 0 Å². The van der Waals surface area contributed by atoms with Gasteiger partial charge in [-0.3, -0.25) is 14.9 Å². The largest absolute Gasteiger partial charge is 0.485 e. The monoisotopic (exact) mass is 267 g/mol. The van der Waals surface area contributed by atoms with Crippen LogP contribution in [0.3, 0.4) is 0 Å². The van der Waals surface area contributed by atoms with Crippen molar-refractivity contribution in [3.63, 3.8) is 0 Å². The molecule has 3 N–H and O–H groups in total. The lowest BCUT2D eigenvalue weighted by molar-refractivity contribution is -0.385. The van der Waals surface area contributed by atoms with Crippen molar-refractivity contribution in [2.75, 3.05) is 13.2 Å². The number of benzene rings is 1. The predicted octanol–water partition coefficient (Wildman–Crippen LogP) is 0.827. The Labute approximate surface area is 110 Å². The molecule has 0 aliphatic heterocycles. The van der Waals surface area contributed by atoms with Crippen molar-refractivity contribution in [1.82, 2.24) is 5.32 Å². The number of hydrogen-bond donors (Lipinski definition) is 2. The summed E-state index contributed by atoms with van der Waals surface area (Å²) in [6, 6.07) is 5.33. The first-order chi connectivity index (χ1) is 9.06. The number of primary amides is 1. The molecule has 1 aromatic rings. The molecule has 0 bridgehead atoms. The molecule has 1 rings (SSSR count). The fourth-order valence-electron chi connectivity index (χ4n) is 1.46. The molecule has 0 heterocycles. The first-order valence-corrected chi connectivity index (χ1v) is 5.95. The van der Waals surface area contributed by atoms with E-state index >= 15 is 0 Å². The molecule has 0 saturated heterocycles. The van der Waals surface area contributed by atoms with E-state index < -0.39 is 16.9 Å². The van der Waals surface area contributed by atoms with E-state index in [9.17, 15) is 14.9 Å². The third kappa shape index (κ3) is 4.55. The average molecular weight is 267 g/mol. The summed E-state index contributed by atoms with van der Waals surface area (Å²) in [6.45, 7) is 2.53. The number of nitrogens with one attached hydrogen (secondary N) is 1. The van der Waals surface area contributed by atoms with Gasteiger partial charge < -0.3 is 15.8 Å². The first-order valence-electron chi connectivity index (χ1n) is 5.95. The highest BCUT2D eigenvalue weighted by Crippen LogP contribution is 2.25. The summed E-state index contributed by atoms with van der Waals surface area (Å²) in [5.41, 5.74) is 5.09. The van der Waals surface area contributed by atoms with E-state index in [1.807, 2.05) is 6.92 Å². The molecule has 0 aliphatic rings. The van der Waals surface area contributed by atoms with Crippen LogP contribution in [-0.2, 0) is 4.79 Å². The lowest BCUT2D eigenvalue weighted by Crippen LogP contribution is -2.45. The van der Waals surface area contributed by atoms with E-state index in [-0.39, 0.29) is 18.0 Å². The number of amides is 1. The SMILES string of the molecule is CCCNC(COc1ccccc1[N+](=O)[O-])C(N)=O. The van der Waals surface area contributed by atoms with Gasteiger partial charge in [0.15, 0.2) is 5.75 Å². The number of rotatable bonds is 8. The van der Waals surface area contributed by atoms with Crippen molar-refractivity contribution in [2.24, 2.45) is 5.73 Å². The highest BCUT2D eigenvalue weighted by atomic mass is 16.6. The van der Waals surface area contributed by atoms with Crippen molar-refractivity contribution in [3.05, 3.63) is 34.4 Å². The van der Waals surface area contributed by atoms with E-state index in [0.29, 0.717) is 6.54 Å². The minimum Gasteiger partial charge on any atom is -0.485 e. The van der Waals surface area contributed by atoms with Crippen molar-refractivity contribution >= 4 is 11.6 Å². The Morgan fingerprint density at radius 3 is 2.79 bits per heavy atom.